The van der Waals surface area contributed by atoms with E-state index in [0.29, 0.717) is 0 Å². The van der Waals surface area contributed by atoms with Crippen molar-refractivity contribution in [2.45, 2.75) is 6.61 Å². The molecule has 0 aliphatic rings. The van der Waals surface area contributed by atoms with Gasteiger partial charge in [-0.3, -0.25) is 10.1 Å². The van der Waals surface area contributed by atoms with Gasteiger partial charge in [0, 0.05) is 6.07 Å². The number of nitrogens with zero attached hydrogens (tertiary/aromatic N) is 1. The van der Waals surface area contributed by atoms with Crippen LogP contribution in [0.5, 0.6) is 0 Å². The molecule has 0 saturated carbocycles. The summed E-state index contributed by atoms with van der Waals surface area (Å²) in [7, 11) is 0. The zero-order chi connectivity index (χ0) is 17.4. The predicted molar refractivity (Wildman–Crippen MR) is 89.6 cm³/mol. The fourth-order valence-corrected chi connectivity index (χ4v) is 2.03. The molecule has 0 atom stereocenters. The Morgan fingerprint density at radius 3 is 2.67 bits per heavy atom. The number of amides is 1. The summed E-state index contributed by atoms with van der Waals surface area (Å²) in [6, 6.07) is 13.5. The van der Waals surface area contributed by atoms with E-state index in [9.17, 15) is 14.9 Å². The zero-order valence-corrected chi connectivity index (χ0v) is 13.2. The zero-order valence-electron chi connectivity index (χ0n) is 12.5. The largest absolute Gasteiger partial charge is 0.445 e. The van der Waals surface area contributed by atoms with Crippen LogP contribution in [0.25, 0.3) is 0 Å². The molecule has 0 aliphatic heterocycles. The van der Waals surface area contributed by atoms with Crippen molar-refractivity contribution in [1.82, 2.24) is 5.32 Å². The third-order valence-corrected chi connectivity index (χ3v) is 3.25. The van der Waals surface area contributed by atoms with E-state index in [2.05, 4.69) is 17.2 Å². The third kappa shape index (κ3) is 5.00. The highest BCUT2D eigenvalue weighted by molar-refractivity contribution is 6.32. The van der Waals surface area contributed by atoms with Crippen LogP contribution in [0.15, 0.2) is 48.5 Å². The van der Waals surface area contributed by atoms with E-state index in [4.69, 9.17) is 16.3 Å². The van der Waals surface area contributed by atoms with E-state index in [0.717, 1.165) is 5.56 Å². The third-order valence-electron chi connectivity index (χ3n) is 2.94. The van der Waals surface area contributed by atoms with Gasteiger partial charge in [0.15, 0.2) is 0 Å². The Bertz CT molecular complexity index is 797. The number of ether oxygens (including phenoxy) is 1. The highest BCUT2D eigenvalue weighted by atomic mass is 35.5. The average Bonchev–Trinajstić information content (AvgIpc) is 2.58. The molecule has 0 aliphatic carbocycles. The van der Waals surface area contributed by atoms with Crippen LogP contribution in [0.1, 0.15) is 11.1 Å². The lowest BCUT2D eigenvalue weighted by Gasteiger charge is -2.04. The van der Waals surface area contributed by atoms with Crippen LogP contribution in [-0.4, -0.2) is 17.6 Å². The Kier molecular flexibility index (Phi) is 6.17. The lowest BCUT2D eigenvalue weighted by atomic mass is 10.2. The molecular formula is C17H13ClN2O4. The molecule has 7 heteroatoms. The number of benzene rings is 2. The van der Waals surface area contributed by atoms with Gasteiger partial charge in [0.05, 0.1) is 16.5 Å². The van der Waals surface area contributed by atoms with Gasteiger partial charge in [-0.05, 0) is 11.6 Å². The highest BCUT2D eigenvalue weighted by Gasteiger charge is 2.14. The lowest BCUT2D eigenvalue weighted by Crippen LogP contribution is -2.24. The summed E-state index contributed by atoms with van der Waals surface area (Å²) in [6.07, 6.45) is -0.623. The average molecular weight is 345 g/mol. The summed E-state index contributed by atoms with van der Waals surface area (Å²) < 4.78 is 5.01. The smallest absolute Gasteiger partial charge is 0.408 e. The number of nitro groups is 1. The number of carbonyl (C=O) groups excluding carboxylic acids is 1. The molecular weight excluding hydrogens is 332 g/mol. The molecule has 0 bridgehead atoms. The first-order valence-corrected chi connectivity index (χ1v) is 7.32. The molecule has 0 spiro atoms. The minimum absolute atomic E-state index is 0.0179. The summed E-state index contributed by atoms with van der Waals surface area (Å²) in [6.45, 7) is 0.131. The van der Waals surface area contributed by atoms with Crippen LogP contribution in [0, 0.1) is 22.0 Å². The first kappa shape index (κ1) is 17.3. The molecule has 0 heterocycles. The number of halogens is 1. The summed E-state index contributed by atoms with van der Waals surface area (Å²) >= 11 is 5.91. The van der Waals surface area contributed by atoms with Crippen molar-refractivity contribution in [2.75, 3.05) is 6.54 Å². The summed E-state index contributed by atoms with van der Waals surface area (Å²) in [5.74, 6) is 5.21. The van der Waals surface area contributed by atoms with Crippen molar-refractivity contribution < 1.29 is 14.5 Å². The highest BCUT2D eigenvalue weighted by Crippen LogP contribution is 2.24. The number of nitro benzene ring substituents is 1. The Balaban J connectivity index is 1.88. The fourth-order valence-electron chi connectivity index (χ4n) is 1.81. The minimum atomic E-state index is -0.623. The topological polar surface area (TPSA) is 81.5 Å². The van der Waals surface area contributed by atoms with Crippen molar-refractivity contribution in [1.29, 1.82) is 0 Å². The molecule has 6 nitrogen and oxygen atoms in total. The summed E-state index contributed by atoms with van der Waals surface area (Å²) in [5, 5.41) is 13.6. The van der Waals surface area contributed by atoms with Gasteiger partial charge in [-0.15, -0.1) is 0 Å². The fraction of sp³-hybridized carbons (Fsp3) is 0.118. The Morgan fingerprint density at radius 2 is 1.96 bits per heavy atom. The van der Waals surface area contributed by atoms with Crippen LogP contribution in [0.3, 0.4) is 0 Å². The first-order valence-electron chi connectivity index (χ1n) is 6.94. The van der Waals surface area contributed by atoms with Gasteiger partial charge in [-0.25, -0.2) is 4.79 Å². The van der Waals surface area contributed by atoms with Crippen molar-refractivity contribution in [3.8, 4) is 11.8 Å². The molecule has 0 saturated heterocycles. The van der Waals surface area contributed by atoms with Gasteiger partial charge in [0.25, 0.3) is 5.69 Å². The molecule has 1 N–H and O–H groups in total. The van der Waals surface area contributed by atoms with E-state index < -0.39 is 11.0 Å². The van der Waals surface area contributed by atoms with E-state index in [1.165, 1.54) is 18.2 Å². The number of carbonyl (C=O) groups is 1. The number of nitrogens with one attached hydrogen (secondary N) is 1. The maximum atomic E-state index is 11.5. The maximum absolute atomic E-state index is 11.5. The van der Waals surface area contributed by atoms with Gasteiger partial charge in [0.1, 0.15) is 12.2 Å². The quantitative estimate of drug-likeness (QED) is 0.522. The van der Waals surface area contributed by atoms with Gasteiger partial charge >= 0.3 is 6.09 Å². The van der Waals surface area contributed by atoms with Crippen LogP contribution in [0.4, 0.5) is 10.5 Å². The summed E-state index contributed by atoms with van der Waals surface area (Å²) in [4.78, 5) is 21.9. The van der Waals surface area contributed by atoms with Crippen LogP contribution >= 0.6 is 11.6 Å². The molecule has 1 amide bonds. The Hall–Kier alpha value is -3.04. The second-order valence-electron chi connectivity index (χ2n) is 4.61. The van der Waals surface area contributed by atoms with E-state index >= 15 is 0 Å². The lowest BCUT2D eigenvalue weighted by molar-refractivity contribution is -0.385. The maximum Gasteiger partial charge on any atom is 0.408 e. The predicted octanol–water partition coefficient (Wildman–Crippen LogP) is 3.53. The Morgan fingerprint density at radius 1 is 1.21 bits per heavy atom. The van der Waals surface area contributed by atoms with Gasteiger partial charge < -0.3 is 10.1 Å². The second-order valence-corrected chi connectivity index (χ2v) is 5.02. The molecule has 2 rings (SSSR count). The van der Waals surface area contributed by atoms with Gasteiger partial charge in [0.2, 0.25) is 0 Å². The minimum Gasteiger partial charge on any atom is -0.445 e. The van der Waals surface area contributed by atoms with Crippen molar-refractivity contribution >= 4 is 23.4 Å². The molecule has 122 valence electrons. The van der Waals surface area contributed by atoms with E-state index in [1.807, 2.05) is 30.3 Å². The molecule has 24 heavy (non-hydrogen) atoms. The van der Waals surface area contributed by atoms with Crippen molar-refractivity contribution in [3.05, 3.63) is 74.8 Å². The monoisotopic (exact) mass is 344 g/mol. The normalized spacial score (nSPS) is 9.54. The van der Waals surface area contributed by atoms with Crippen molar-refractivity contribution in [3.63, 3.8) is 0 Å². The van der Waals surface area contributed by atoms with E-state index in [-0.39, 0.29) is 29.4 Å². The van der Waals surface area contributed by atoms with Crippen LogP contribution < -0.4 is 5.32 Å². The number of rotatable bonds is 4. The standard InChI is InChI=1S/C17H13ClN2O4/c18-15-9-4-10-16(20(22)23)14(15)8-5-11-19-17(21)24-12-13-6-2-1-3-7-13/h1-4,6-7,9-10H,11-12H2,(H,19,21). The SMILES string of the molecule is O=C(NCC#Cc1c(Cl)cccc1[N+](=O)[O-])OCc1ccccc1. The molecule has 0 fully saturated rings. The van der Waals surface area contributed by atoms with Gasteiger partial charge in [-0.2, -0.15) is 0 Å². The number of hydrogen-bond acceptors (Lipinski definition) is 4. The van der Waals surface area contributed by atoms with Crippen LogP contribution in [0.2, 0.25) is 5.02 Å². The summed E-state index contributed by atoms with van der Waals surface area (Å²) in [5.41, 5.74) is 0.802. The molecule has 2 aromatic rings. The number of alkyl carbamates (subject to hydrolysis) is 1. The van der Waals surface area contributed by atoms with Gasteiger partial charge in [-0.1, -0.05) is 59.8 Å². The molecule has 0 radical (unpaired) electrons. The molecule has 0 aromatic heterocycles. The molecule has 2 aromatic carbocycles. The number of hydrogen-bond donors (Lipinski definition) is 1. The molecule has 0 unspecified atom stereocenters. The first-order chi connectivity index (χ1) is 11.6. The van der Waals surface area contributed by atoms with E-state index in [1.54, 1.807) is 0 Å². The van der Waals surface area contributed by atoms with Crippen molar-refractivity contribution in [2.24, 2.45) is 0 Å². The van der Waals surface area contributed by atoms with Crippen LogP contribution in [-0.2, 0) is 11.3 Å². The second kappa shape index (κ2) is 8.56. The Labute approximate surface area is 143 Å².